The van der Waals surface area contributed by atoms with Gasteiger partial charge in [-0.05, 0) is 43.9 Å². The molecule has 166 valence electrons. The van der Waals surface area contributed by atoms with Gasteiger partial charge in [-0.2, -0.15) is 0 Å². The summed E-state index contributed by atoms with van der Waals surface area (Å²) in [5.41, 5.74) is 2.94. The van der Waals surface area contributed by atoms with Crippen LogP contribution in [0.4, 0.5) is 0 Å². The molecule has 0 radical (unpaired) electrons. The van der Waals surface area contributed by atoms with Gasteiger partial charge in [0.1, 0.15) is 12.1 Å². The van der Waals surface area contributed by atoms with Crippen LogP contribution in [0.15, 0.2) is 18.2 Å². The third kappa shape index (κ3) is 4.03. The summed E-state index contributed by atoms with van der Waals surface area (Å²) in [6.07, 6.45) is 1.09. The Morgan fingerprint density at radius 3 is 2.68 bits per heavy atom. The standard InChI is InChI=1S/C23H29ClN4O3/c1-11(2)7-18-21-15(14-6-5-13(24)8-16(14)26-21)9-19-22(30)27-17(23(31)28(18)19)10-20(29)25-12(3)4/h5-6,8,11-12,17-19,26H,7,9-10H2,1-4H3,(H,25,29)(H,27,30)/t17-,18-,19-/m0/s1. The van der Waals surface area contributed by atoms with Crippen LogP contribution in [0.5, 0.6) is 0 Å². The Hall–Kier alpha value is -2.54. The van der Waals surface area contributed by atoms with Crippen molar-refractivity contribution in [2.45, 2.75) is 71.1 Å². The number of H-pyrrole nitrogens is 1. The molecule has 2 aliphatic heterocycles. The van der Waals surface area contributed by atoms with E-state index in [4.69, 9.17) is 11.6 Å². The molecule has 0 aliphatic carbocycles. The lowest BCUT2D eigenvalue weighted by atomic mass is 9.85. The molecular weight excluding hydrogens is 416 g/mol. The van der Waals surface area contributed by atoms with E-state index in [1.165, 1.54) is 0 Å². The van der Waals surface area contributed by atoms with Crippen LogP contribution in [-0.4, -0.2) is 45.7 Å². The van der Waals surface area contributed by atoms with Gasteiger partial charge in [0, 0.05) is 34.1 Å². The number of aromatic nitrogens is 1. The molecule has 3 N–H and O–H groups in total. The molecule has 1 aromatic heterocycles. The van der Waals surface area contributed by atoms with Gasteiger partial charge in [-0.15, -0.1) is 0 Å². The van der Waals surface area contributed by atoms with Crippen molar-refractivity contribution in [3.63, 3.8) is 0 Å². The molecule has 2 aliphatic rings. The van der Waals surface area contributed by atoms with Gasteiger partial charge in [0.15, 0.2) is 0 Å². The van der Waals surface area contributed by atoms with E-state index < -0.39 is 12.1 Å². The van der Waals surface area contributed by atoms with Crippen LogP contribution < -0.4 is 10.6 Å². The summed E-state index contributed by atoms with van der Waals surface area (Å²) in [7, 11) is 0. The number of nitrogens with zero attached hydrogens (tertiary/aromatic N) is 1. The van der Waals surface area contributed by atoms with Crippen LogP contribution in [0.3, 0.4) is 0 Å². The van der Waals surface area contributed by atoms with Gasteiger partial charge in [0.05, 0.1) is 12.5 Å². The van der Waals surface area contributed by atoms with Crippen LogP contribution in [0.25, 0.3) is 10.9 Å². The molecule has 0 bridgehead atoms. The van der Waals surface area contributed by atoms with Gasteiger partial charge in [0.25, 0.3) is 0 Å². The molecule has 4 rings (SSSR count). The first-order valence-corrected chi connectivity index (χ1v) is 11.3. The number of amides is 3. The first-order chi connectivity index (χ1) is 14.7. The van der Waals surface area contributed by atoms with Crippen molar-refractivity contribution in [2.24, 2.45) is 5.92 Å². The highest BCUT2D eigenvalue weighted by Crippen LogP contribution is 2.42. The fourth-order valence-corrected chi connectivity index (χ4v) is 4.99. The number of hydrogen-bond acceptors (Lipinski definition) is 3. The Labute approximate surface area is 186 Å². The predicted molar refractivity (Wildman–Crippen MR) is 120 cm³/mol. The van der Waals surface area contributed by atoms with E-state index in [9.17, 15) is 14.4 Å². The highest BCUT2D eigenvalue weighted by atomic mass is 35.5. The summed E-state index contributed by atoms with van der Waals surface area (Å²) >= 11 is 6.19. The van der Waals surface area contributed by atoms with Crippen LogP contribution >= 0.6 is 11.6 Å². The van der Waals surface area contributed by atoms with Crippen LogP contribution in [0.2, 0.25) is 5.02 Å². The highest BCUT2D eigenvalue weighted by Gasteiger charge is 2.48. The Bertz CT molecular complexity index is 1040. The van der Waals surface area contributed by atoms with Gasteiger partial charge in [-0.1, -0.05) is 31.5 Å². The molecule has 31 heavy (non-hydrogen) atoms. The lowest BCUT2D eigenvalue weighted by Crippen LogP contribution is -2.66. The Balaban J connectivity index is 1.73. The Morgan fingerprint density at radius 1 is 1.26 bits per heavy atom. The van der Waals surface area contributed by atoms with Crippen molar-refractivity contribution in [1.82, 2.24) is 20.5 Å². The molecule has 0 unspecified atom stereocenters. The van der Waals surface area contributed by atoms with Crippen molar-refractivity contribution >= 4 is 40.2 Å². The summed E-state index contributed by atoms with van der Waals surface area (Å²) < 4.78 is 0. The summed E-state index contributed by atoms with van der Waals surface area (Å²) in [5.74, 6) is -0.335. The fraction of sp³-hybridized carbons (Fsp3) is 0.522. The zero-order valence-corrected chi connectivity index (χ0v) is 19.0. The largest absolute Gasteiger partial charge is 0.356 e. The minimum absolute atomic E-state index is 0.0287. The predicted octanol–water partition coefficient (Wildman–Crippen LogP) is 3.07. The second-order valence-corrected chi connectivity index (χ2v) is 9.74. The number of benzene rings is 1. The number of piperazine rings is 1. The van der Waals surface area contributed by atoms with E-state index in [-0.39, 0.29) is 36.2 Å². The van der Waals surface area contributed by atoms with E-state index in [0.29, 0.717) is 23.8 Å². The van der Waals surface area contributed by atoms with E-state index >= 15 is 0 Å². The smallest absolute Gasteiger partial charge is 0.246 e. The molecule has 2 aromatic rings. The molecule has 8 heteroatoms. The van der Waals surface area contributed by atoms with Gasteiger partial charge in [0.2, 0.25) is 17.7 Å². The molecule has 0 spiro atoms. The average Bonchev–Trinajstić information content (AvgIpc) is 3.02. The summed E-state index contributed by atoms with van der Waals surface area (Å²) in [6.45, 7) is 7.93. The van der Waals surface area contributed by atoms with Crippen molar-refractivity contribution in [3.8, 4) is 0 Å². The number of hydrogen-bond donors (Lipinski definition) is 3. The Morgan fingerprint density at radius 2 is 2.00 bits per heavy atom. The topological polar surface area (TPSA) is 94.3 Å². The molecule has 0 saturated carbocycles. The van der Waals surface area contributed by atoms with Gasteiger partial charge in [-0.3, -0.25) is 14.4 Å². The van der Waals surface area contributed by atoms with Crippen LogP contribution in [0, 0.1) is 5.92 Å². The summed E-state index contributed by atoms with van der Waals surface area (Å²) in [5, 5.41) is 7.27. The quantitative estimate of drug-likeness (QED) is 0.661. The van der Waals surface area contributed by atoms with Crippen molar-refractivity contribution in [2.75, 3.05) is 0 Å². The normalized spacial score (nSPS) is 23.2. The number of fused-ring (bicyclic) bond motifs is 4. The third-order valence-corrected chi connectivity index (χ3v) is 6.24. The number of halogens is 1. The lowest BCUT2D eigenvalue weighted by molar-refractivity contribution is -0.154. The Kier molecular flexibility index (Phi) is 5.73. The first-order valence-electron chi connectivity index (χ1n) is 10.9. The maximum Gasteiger partial charge on any atom is 0.246 e. The highest BCUT2D eigenvalue weighted by molar-refractivity contribution is 6.31. The average molecular weight is 445 g/mol. The minimum Gasteiger partial charge on any atom is -0.356 e. The SMILES string of the molecule is CC(C)C[C@H]1c2[nH]c3cc(Cl)ccc3c2C[C@H]2C(=O)N[C@@H](CC(=O)NC(C)C)C(=O)N21. The molecule has 1 aromatic carbocycles. The summed E-state index contributed by atoms with van der Waals surface area (Å²) in [4.78, 5) is 44.0. The zero-order chi connectivity index (χ0) is 22.4. The number of carbonyl (C=O) groups is 3. The van der Waals surface area contributed by atoms with Gasteiger partial charge in [-0.25, -0.2) is 0 Å². The van der Waals surface area contributed by atoms with Crippen molar-refractivity contribution in [3.05, 3.63) is 34.5 Å². The second-order valence-electron chi connectivity index (χ2n) is 9.31. The molecular formula is C23H29ClN4O3. The van der Waals surface area contributed by atoms with Crippen LogP contribution in [-0.2, 0) is 20.8 Å². The monoisotopic (exact) mass is 444 g/mol. The maximum atomic E-state index is 13.5. The zero-order valence-electron chi connectivity index (χ0n) is 18.3. The van der Waals surface area contributed by atoms with Crippen molar-refractivity contribution < 1.29 is 14.4 Å². The molecule has 7 nitrogen and oxygen atoms in total. The van der Waals surface area contributed by atoms with E-state index in [2.05, 4.69) is 29.5 Å². The molecule has 3 amide bonds. The summed E-state index contributed by atoms with van der Waals surface area (Å²) in [6, 6.07) is 3.98. The molecule has 3 atom stereocenters. The number of rotatable bonds is 5. The molecule has 1 saturated heterocycles. The number of nitrogens with one attached hydrogen (secondary N) is 3. The first kappa shape index (κ1) is 21.7. The van der Waals surface area contributed by atoms with E-state index in [0.717, 1.165) is 22.2 Å². The fourth-order valence-electron chi connectivity index (χ4n) is 4.82. The van der Waals surface area contributed by atoms with E-state index in [1.807, 2.05) is 32.0 Å². The molecule has 1 fully saturated rings. The van der Waals surface area contributed by atoms with Crippen molar-refractivity contribution in [1.29, 1.82) is 0 Å². The van der Waals surface area contributed by atoms with Gasteiger partial charge < -0.3 is 20.5 Å². The second kappa shape index (κ2) is 8.19. The minimum atomic E-state index is -0.850. The molecule has 3 heterocycles. The number of carbonyl (C=O) groups excluding carboxylic acids is 3. The van der Waals surface area contributed by atoms with Gasteiger partial charge >= 0.3 is 0 Å². The van der Waals surface area contributed by atoms with E-state index in [1.54, 1.807) is 4.90 Å². The van der Waals surface area contributed by atoms with Crippen LogP contribution in [0.1, 0.15) is 57.8 Å². The maximum absolute atomic E-state index is 13.5. The lowest BCUT2D eigenvalue weighted by Gasteiger charge is -2.46. The third-order valence-electron chi connectivity index (χ3n) is 6.01. The number of aromatic amines is 1.